The Bertz CT molecular complexity index is 1260. The first kappa shape index (κ1) is 22.7. The van der Waals surface area contributed by atoms with Gasteiger partial charge in [-0.2, -0.15) is 0 Å². The molecule has 1 aliphatic heterocycles. The van der Waals surface area contributed by atoms with Crippen LogP contribution in [0.15, 0.2) is 77.7 Å². The molecule has 8 heteroatoms. The summed E-state index contributed by atoms with van der Waals surface area (Å²) in [6.45, 7) is 0.608. The number of nitrogens with one attached hydrogen (secondary N) is 1. The third kappa shape index (κ3) is 4.80. The molecule has 0 spiro atoms. The van der Waals surface area contributed by atoms with Crippen molar-refractivity contribution in [1.29, 1.82) is 0 Å². The van der Waals surface area contributed by atoms with Gasteiger partial charge < -0.3 is 14.4 Å². The third-order valence-corrected chi connectivity index (χ3v) is 7.10. The largest absolute Gasteiger partial charge is 0.497 e. The average Bonchev–Trinajstić information content (AvgIpc) is 3.34. The van der Waals surface area contributed by atoms with Crippen LogP contribution in [-0.4, -0.2) is 40.0 Å². The van der Waals surface area contributed by atoms with Crippen molar-refractivity contribution in [3.63, 3.8) is 0 Å². The maximum atomic E-state index is 13.4. The van der Waals surface area contributed by atoms with Crippen LogP contribution < -0.4 is 14.2 Å². The lowest BCUT2D eigenvalue weighted by atomic mass is 10.0. The van der Waals surface area contributed by atoms with Crippen LogP contribution in [0.3, 0.4) is 0 Å². The smallest absolute Gasteiger partial charge is 0.262 e. The van der Waals surface area contributed by atoms with E-state index in [4.69, 9.17) is 9.47 Å². The highest BCUT2D eigenvalue weighted by Crippen LogP contribution is 2.35. The van der Waals surface area contributed by atoms with Crippen molar-refractivity contribution in [2.24, 2.45) is 0 Å². The number of hydrogen-bond donors (Lipinski definition) is 1. The second kappa shape index (κ2) is 9.54. The number of carbonyl (C=O) groups is 1. The maximum Gasteiger partial charge on any atom is 0.262 e. The molecule has 0 saturated carbocycles. The highest BCUT2D eigenvalue weighted by atomic mass is 32.2. The molecule has 1 fully saturated rings. The number of amides is 1. The summed E-state index contributed by atoms with van der Waals surface area (Å²) in [6, 6.07) is 20.5. The molecular formula is C25H26N2O5S. The van der Waals surface area contributed by atoms with Gasteiger partial charge in [-0.1, -0.05) is 30.3 Å². The molecule has 3 aromatic rings. The predicted molar refractivity (Wildman–Crippen MR) is 126 cm³/mol. The molecule has 1 N–H and O–H groups in total. The van der Waals surface area contributed by atoms with Crippen LogP contribution in [0.5, 0.6) is 11.5 Å². The standard InChI is InChI=1S/C25H26N2O5S/c1-31-20-10-5-8-18(16-20)23-13-7-15-27(23)25(28)19-9-6-11-21(17-19)33(29,30)26-22-12-3-4-14-24(22)32-2/h3-6,8-12,14,16-17,23,26H,7,13,15H2,1-2H3. The molecule has 0 radical (unpaired) electrons. The molecule has 1 atom stereocenters. The van der Waals surface area contributed by atoms with E-state index in [9.17, 15) is 13.2 Å². The van der Waals surface area contributed by atoms with Crippen LogP contribution in [0, 0.1) is 0 Å². The first-order chi connectivity index (χ1) is 15.9. The highest BCUT2D eigenvalue weighted by Gasteiger charge is 2.31. The average molecular weight is 467 g/mol. The van der Waals surface area contributed by atoms with Crippen molar-refractivity contribution < 1.29 is 22.7 Å². The summed E-state index contributed by atoms with van der Waals surface area (Å²) >= 11 is 0. The molecule has 3 aromatic carbocycles. The summed E-state index contributed by atoms with van der Waals surface area (Å²) in [7, 11) is -0.831. The van der Waals surface area contributed by atoms with Gasteiger partial charge in [0.1, 0.15) is 11.5 Å². The maximum absolute atomic E-state index is 13.4. The molecule has 1 aliphatic rings. The van der Waals surface area contributed by atoms with Crippen molar-refractivity contribution in [2.75, 3.05) is 25.5 Å². The Kier molecular flexibility index (Phi) is 6.55. The minimum Gasteiger partial charge on any atom is -0.497 e. The molecule has 0 bridgehead atoms. The van der Waals surface area contributed by atoms with E-state index in [0.29, 0.717) is 23.5 Å². The second-order valence-corrected chi connectivity index (χ2v) is 9.45. The molecule has 7 nitrogen and oxygen atoms in total. The van der Waals surface area contributed by atoms with Crippen LogP contribution in [0.4, 0.5) is 5.69 Å². The van der Waals surface area contributed by atoms with Crippen molar-refractivity contribution in [3.8, 4) is 11.5 Å². The summed E-state index contributed by atoms with van der Waals surface area (Å²) in [5.41, 5.74) is 1.66. The summed E-state index contributed by atoms with van der Waals surface area (Å²) in [4.78, 5) is 15.2. The number of para-hydroxylation sites is 2. The van der Waals surface area contributed by atoms with Crippen LogP contribution in [0.1, 0.15) is 34.8 Å². The van der Waals surface area contributed by atoms with Gasteiger partial charge in [-0.25, -0.2) is 8.42 Å². The van der Waals surface area contributed by atoms with Gasteiger partial charge in [0, 0.05) is 12.1 Å². The van der Waals surface area contributed by atoms with Gasteiger partial charge in [-0.15, -0.1) is 0 Å². The fourth-order valence-corrected chi connectivity index (χ4v) is 5.22. The molecule has 0 aliphatic carbocycles. The SMILES string of the molecule is COc1cccc(C2CCCN2C(=O)c2cccc(S(=O)(=O)Nc3ccccc3OC)c2)c1. The zero-order chi connectivity index (χ0) is 23.4. The van der Waals surface area contributed by atoms with E-state index in [1.54, 1.807) is 48.4 Å². The van der Waals surface area contributed by atoms with E-state index in [0.717, 1.165) is 24.2 Å². The first-order valence-electron chi connectivity index (χ1n) is 10.6. The summed E-state index contributed by atoms with van der Waals surface area (Å²) in [5.74, 6) is 0.948. The van der Waals surface area contributed by atoms with Crippen LogP contribution >= 0.6 is 0 Å². The molecule has 172 valence electrons. The van der Waals surface area contributed by atoms with E-state index >= 15 is 0 Å². The number of anilines is 1. The van der Waals surface area contributed by atoms with E-state index in [1.165, 1.54) is 19.2 Å². The zero-order valence-electron chi connectivity index (χ0n) is 18.5. The normalized spacial score (nSPS) is 15.8. The fourth-order valence-electron chi connectivity index (χ4n) is 4.10. The minimum atomic E-state index is -3.92. The van der Waals surface area contributed by atoms with Gasteiger partial charge in [0.05, 0.1) is 30.8 Å². The number of carbonyl (C=O) groups excluding carboxylic acids is 1. The van der Waals surface area contributed by atoms with Gasteiger partial charge in [-0.3, -0.25) is 9.52 Å². The summed E-state index contributed by atoms with van der Waals surface area (Å²) in [5, 5.41) is 0. The number of benzene rings is 3. The lowest BCUT2D eigenvalue weighted by molar-refractivity contribution is 0.0735. The monoisotopic (exact) mass is 466 g/mol. The summed E-state index contributed by atoms with van der Waals surface area (Å²) in [6.07, 6.45) is 1.72. The number of rotatable bonds is 7. The van der Waals surface area contributed by atoms with E-state index in [2.05, 4.69) is 4.72 Å². The van der Waals surface area contributed by atoms with Crippen LogP contribution in [0.2, 0.25) is 0 Å². The molecule has 1 heterocycles. The first-order valence-corrected chi connectivity index (χ1v) is 12.1. The Morgan fingerprint density at radius 2 is 1.76 bits per heavy atom. The zero-order valence-corrected chi connectivity index (χ0v) is 19.3. The van der Waals surface area contributed by atoms with Gasteiger partial charge in [0.2, 0.25) is 0 Å². The topological polar surface area (TPSA) is 84.9 Å². The molecule has 33 heavy (non-hydrogen) atoms. The molecular weight excluding hydrogens is 440 g/mol. The van der Waals surface area contributed by atoms with E-state index in [-0.39, 0.29) is 16.8 Å². The van der Waals surface area contributed by atoms with Gasteiger partial charge in [0.25, 0.3) is 15.9 Å². The van der Waals surface area contributed by atoms with Crippen molar-refractivity contribution in [3.05, 3.63) is 83.9 Å². The Morgan fingerprint density at radius 3 is 2.55 bits per heavy atom. The Labute approximate surface area is 194 Å². The van der Waals surface area contributed by atoms with Crippen molar-refractivity contribution >= 4 is 21.6 Å². The number of sulfonamides is 1. The van der Waals surface area contributed by atoms with Crippen LogP contribution in [0.25, 0.3) is 0 Å². The van der Waals surface area contributed by atoms with E-state index < -0.39 is 10.0 Å². The number of nitrogens with zero attached hydrogens (tertiary/aromatic N) is 1. The van der Waals surface area contributed by atoms with E-state index in [1.807, 2.05) is 24.3 Å². The third-order valence-electron chi connectivity index (χ3n) is 5.73. The number of ether oxygens (including phenoxy) is 2. The molecule has 1 saturated heterocycles. The fraction of sp³-hybridized carbons (Fsp3) is 0.240. The summed E-state index contributed by atoms with van der Waals surface area (Å²) < 4.78 is 39.1. The lowest BCUT2D eigenvalue weighted by Gasteiger charge is -2.25. The highest BCUT2D eigenvalue weighted by molar-refractivity contribution is 7.92. The predicted octanol–water partition coefficient (Wildman–Crippen LogP) is 4.48. The number of likely N-dealkylation sites (tertiary alicyclic amines) is 1. The molecule has 0 aromatic heterocycles. The quantitative estimate of drug-likeness (QED) is 0.555. The second-order valence-electron chi connectivity index (χ2n) is 7.77. The Hall–Kier alpha value is -3.52. The van der Waals surface area contributed by atoms with Crippen molar-refractivity contribution in [1.82, 2.24) is 4.90 Å². The van der Waals surface area contributed by atoms with Gasteiger partial charge >= 0.3 is 0 Å². The Balaban J connectivity index is 1.59. The van der Waals surface area contributed by atoms with Crippen molar-refractivity contribution in [2.45, 2.75) is 23.8 Å². The molecule has 1 unspecified atom stereocenters. The lowest BCUT2D eigenvalue weighted by Crippen LogP contribution is -2.30. The molecule has 1 amide bonds. The van der Waals surface area contributed by atoms with Crippen LogP contribution in [-0.2, 0) is 10.0 Å². The Morgan fingerprint density at radius 1 is 0.970 bits per heavy atom. The minimum absolute atomic E-state index is 0.0105. The van der Waals surface area contributed by atoms with Gasteiger partial charge in [-0.05, 0) is 60.9 Å². The number of methoxy groups -OCH3 is 2. The molecule has 4 rings (SSSR count). The van der Waals surface area contributed by atoms with Gasteiger partial charge in [0.15, 0.2) is 0 Å². The number of hydrogen-bond acceptors (Lipinski definition) is 5.